The Hall–Kier alpha value is -2.37. The Morgan fingerprint density at radius 3 is 2.93 bits per heavy atom. The lowest BCUT2D eigenvalue weighted by Gasteiger charge is -2.31. The summed E-state index contributed by atoms with van der Waals surface area (Å²) in [5.41, 5.74) is 11.7. The van der Waals surface area contributed by atoms with E-state index in [4.69, 9.17) is 16.2 Å². The standard InChI is InChI=1S/C16H22F2N6O3/c1-21-10-7-23(4-2-9(10)6-19)8-11-13(25)16(17,18)14(27-11)24-5-3-12(20)22-15(24)26/h3,5-6,11,13-14,25H,2,4,7-8,19H2,1H3,(H2,20,22,26)/t11-,13-,14-/m1/s1. The number of ether oxygens (including phenoxy) is 1. The van der Waals surface area contributed by atoms with E-state index < -0.39 is 30.0 Å². The quantitative estimate of drug-likeness (QED) is 0.630. The lowest BCUT2D eigenvalue weighted by molar-refractivity contribution is -0.140. The number of likely N-dealkylation sites (tertiary alicyclic amines) is 1. The van der Waals surface area contributed by atoms with Gasteiger partial charge in [-0.25, -0.2) is 4.79 Å². The fourth-order valence-electron chi connectivity index (χ4n) is 3.34. The van der Waals surface area contributed by atoms with Gasteiger partial charge in [0, 0.05) is 32.9 Å². The summed E-state index contributed by atoms with van der Waals surface area (Å²) in [4.78, 5) is 21.4. The third-order valence-electron chi connectivity index (χ3n) is 4.83. The number of nitrogens with two attached hydrogens (primary N) is 2. The molecule has 2 aliphatic heterocycles. The molecular weight excluding hydrogens is 362 g/mol. The van der Waals surface area contributed by atoms with Crippen molar-refractivity contribution in [3.8, 4) is 0 Å². The number of nitrogen functional groups attached to an aromatic ring is 1. The third kappa shape index (κ3) is 3.57. The number of piperidine rings is 1. The number of aromatic nitrogens is 2. The van der Waals surface area contributed by atoms with E-state index in [1.807, 2.05) is 4.90 Å². The van der Waals surface area contributed by atoms with E-state index in [2.05, 4.69) is 9.98 Å². The van der Waals surface area contributed by atoms with Crippen LogP contribution >= 0.6 is 0 Å². The van der Waals surface area contributed by atoms with Gasteiger partial charge in [-0.2, -0.15) is 13.8 Å². The molecule has 0 saturated carbocycles. The van der Waals surface area contributed by atoms with Crippen molar-refractivity contribution in [1.29, 1.82) is 0 Å². The molecule has 3 heterocycles. The largest absolute Gasteiger partial charge is 0.404 e. The number of aliphatic hydroxyl groups excluding tert-OH is 1. The minimum atomic E-state index is -3.66. The van der Waals surface area contributed by atoms with Crippen molar-refractivity contribution in [2.24, 2.45) is 10.7 Å². The molecule has 27 heavy (non-hydrogen) atoms. The second kappa shape index (κ2) is 7.33. The average Bonchev–Trinajstić information content (AvgIpc) is 2.85. The first-order valence-corrected chi connectivity index (χ1v) is 8.43. The first-order valence-electron chi connectivity index (χ1n) is 8.43. The number of hydrogen-bond donors (Lipinski definition) is 3. The van der Waals surface area contributed by atoms with Gasteiger partial charge in [-0.05, 0) is 24.3 Å². The lowest BCUT2D eigenvalue weighted by Crippen LogP contribution is -2.46. The highest BCUT2D eigenvalue weighted by atomic mass is 19.3. The summed E-state index contributed by atoms with van der Waals surface area (Å²) in [6.45, 7) is 1.03. The summed E-state index contributed by atoms with van der Waals surface area (Å²) < 4.78 is 35.2. The van der Waals surface area contributed by atoms with E-state index in [9.17, 15) is 18.7 Å². The molecule has 2 aliphatic rings. The zero-order chi connectivity index (χ0) is 19.8. The molecule has 0 bridgehead atoms. The van der Waals surface area contributed by atoms with Crippen molar-refractivity contribution >= 4 is 11.5 Å². The number of rotatable bonds is 3. The number of aliphatic imine (C=N–C) groups is 1. The van der Waals surface area contributed by atoms with Gasteiger partial charge in [-0.15, -0.1) is 0 Å². The number of hydrogen-bond acceptors (Lipinski definition) is 8. The van der Waals surface area contributed by atoms with Gasteiger partial charge in [0.15, 0.2) is 0 Å². The summed E-state index contributed by atoms with van der Waals surface area (Å²) >= 11 is 0. The molecule has 2 fully saturated rings. The molecule has 3 atom stereocenters. The molecule has 0 aromatic carbocycles. The molecular formula is C16H22F2N6O3. The molecule has 0 aliphatic carbocycles. The predicted octanol–water partition coefficient (Wildman–Crippen LogP) is -0.662. The molecule has 5 N–H and O–H groups in total. The van der Waals surface area contributed by atoms with Gasteiger partial charge in [-0.1, -0.05) is 0 Å². The van der Waals surface area contributed by atoms with Crippen molar-refractivity contribution < 1.29 is 18.6 Å². The minimum Gasteiger partial charge on any atom is -0.404 e. The van der Waals surface area contributed by atoms with Crippen LogP contribution in [-0.4, -0.2) is 70.1 Å². The van der Waals surface area contributed by atoms with Gasteiger partial charge in [0.2, 0.25) is 6.23 Å². The second-order valence-corrected chi connectivity index (χ2v) is 6.54. The van der Waals surface area contributed by atoms with Crippen molar-refractivity contribution in [2.45, 2.75) is 30.8 Å². The fraction of sp³-hybridized carbons (Fsp3) is 0.562. The SMILES string of the molecule is CN=C1CN(C[C@H]2O[C@@H](n3ccc(N)nc3=O)C(F)(F)[C@@H]2O)CCC1=CN. The molecule has 0 unspecified atom stereocenters. The Morgan fingerprint density at radius 1 is 1.56 bits per heavy atom. The van der Waals surface area contributed by atoms with Crippen LogP contribution in [0.15, 0.2) is 33.8 Å². The van der Waals surface area contributed by atoms with Crippen LogP contribution in [0.4, 0.5) is 14.6 Å². The molecule has 0 spiro atoms. The van der Waals surface area contributed by atoms with Crippen LogP contribution in [0.3, 0.4) is 0 Å². The van der Waals surface area contributed by atoms with Crippen molar-refractivity contribution in [3.05, 3.63) is 34.5 Å². The van der Waals surface area contributed by atoms with Crippen molar-refractivity contribution in [2.75, 3.05) is 32.4 Å². The van der Waals surface area contributed by atoms with Gasteiger partial charge in [0.25, 0.3) is 0 Å². The van der Waals surface area contributed by atoms with Crippen LogP contribution in [0.5, 0.6) is 0 Å². The molecule has 3 rings (SSSR count). The second-order valence-electron chi connectivity index (χ2n) is 6.54. The molecule has 0 amide bonds. The van der Waals surface area contributed by atoms with Gasteiger partial charge >= 0.3 is 11.6 Å². The van der Waals surface area contributed by atoms with Crippen LogP contribution in [0.2, 0.25) is 0 Å². The summed E-state index contributed by atoms with van der Waals surface area (Å²) in [5.74, 6) is -3.75. The van der Waals surface area contributed by atoms with Crippen molar-refractivity contribution in [1.82, 2.24) is 14.5 Å². The predicted molar refractivity (Wildman–Crippen MR) is 94.5 cm³/mol. The van der Waals surface area contributed by atoms with Gasteiger partial charge in [0.05, 0.1) is 5.71 Å². The number of nitrogens with zero attached hydrogens (tertiary/aromatic N) is 4. The van der Waals surface area contributed by atoms with Crippen LogP contribution in [0.25, 0.3) is 0 Å². The summed E-state index contributed by atoms with van der Waals surface area (Å²) in [6, 6.07) is 1.22. The van der Waals surface area contributed by atoms with Gasteiger partial charge in [-0.3, -0.25) is 14.5 Å². The van der Waals surface area contributed by atoms with E-state index in [-0.39, 0.29) is 12.4 Å². The number of halogens is 2. The molecule has 2 saturated heterocycles. The van der Waals surface area contributed by atoms with Crippen LogP contribution in [0.1, 0.15) is 12.6 Å². The summed E-state index contributed by atoms with van der Waals surface area (Å²) in [5, 5.41) is 10.1. The van der Waals surface area contributed by atoms with Crippen LogP contribution in [-0.2, 0) is 4.74 Å². The van der Waals surface area contributed by atoms with E-state index in [1.54, 1.807) is 7.05 Å². The van der Waals surface area contributed by atoms with E-state index >= 15 is 0 Å². The number of anilines is 1. The average molecular weight is 384 g/mol. The first kappa shape index (κ1) is 19.4. The molecule has 1 aromatic heterocycles. The maximum absolute atomic E-state index is 14.6. The monoisotopic (exact) mass is 384 g/mol. The topological polar surface area (TPSA) is 132 Å². The number of alkyl halides is 2. The Kier molecular flexibility index (Phi) is 5.27. The van der Waals surface area contributed by atoms with Crippen molar-refractivity contribution in [3.63, 3.8) is 0 Å². The molecule has 0 radical (unpaired) electrons. The normalized spacial score (nSPS) is 31.6. The van der Waals surface area contributed by atoms with Gasteiger partial charge in [0.1, 0.15) is 18.0 Å². The van der Waals surface area contributed by atoms with Gasteiger partial charge < -0.3 is 21.3 Å². The Labute approximate surface area is 153 Å². The summed E-state index contributed by atoms with van der Waals surface area (Å²) in [6.07, 6.45) is -2.02. The highest BCUT2D eigenvalue weighted by molar-refractivity contribution is 6.02. The minimum absolute atomic E-state index is 0.0568. The van der Waals surface area contributed by atoms with E-state index in [1.165, 1.54) is 12.3 Å². The van der Waals surface area contributed by atoms with Crippen LogP contribution < -0.4 is 17.2 Å². The van der Waals surface area contributed by atoms with E-state index in [0.717, 1.165) is 17.5 Å². The zero-order valence-corrected chi connectivity index (χ0v) is 14.8. The molecule has 1 aromatic rings. The third-order valence-corrected chi connectivity index (χ3v) is 4.83. The zero-order valence-electron chi connectivity index (χ0n) is 14.8. The maximum atomic E-state index is 14.6. The number of aliphatic hydroxyl groups is 1. The van der Waals surface area contributed by atoms with Crippen LogP contribution in [0, 0.1) is 0 Å². The fourth-order valence-corrected chi connectivity index (χ4v) is 3.34. The molecule has 9 nitrogen and oxygen atoms in total. The van der Waals surface area contributed by atoms with E-state index in [0.29, 0.717) is 24.1 Å². The Morgan fingerprint density at radius 2 is 2.30 bits per heavy atom. The molecule has 148 valence electrons. The highest BCUT2D eigenvalue weighted by Gasteiger charge is 2.59. The summed E-state index contributed by atoms with van der Waals surface area (Å²) in [7, 11) is 1.63. The Balaban J connectivity index is 1.77. The smallest absolute Gasteiger partial charge is 0.351 e. The first-order chi connectivity index (χ1) is 12.8. The molecule has 11 heteroatoms. The Bertz CT molecular complexity index is 825. The lowest BCUT2D eigenvalue weighted by atomic mass is 10.0. The maximum Gasteiger partial charge on any atom is 0.351 e. The highest BCUT2D eigenvalue weighted by Crippen LogP contribution is 2.42.